The molecule has 0 amide bonds. The van der Waals surface area contributed by atoms with Crippen LogP contribution < -0.4 is 4.74 Å². The SMILES string of the molecule is CCOc1cc(-c2nccn2C)cc(F)c1C(C)C. The molecule has 3 nitrogen and oxygen atoms in total. The van der Waals surface area contributed by atoms with Gasteiger partial charge in [0.2, 0.25) is 0 Å². The number of nitrogens with zero attached hydrogens (tertiary/aromatic N) is 2. The summed E-state index contributed by atoms with van der Waals surface area (Å²) in [5.41, 5.74) is 1.36. The van der Waals surface area contributed by atoms with Crippen LogP contribution in [0.3, 0.4) is 0 Å². The molecule has 19 heavy (non-hydrogen) atoms. The number of benzene rings is 1. The third-order valence-corrected chi connectivity index (χ3v) is 3.05. The maximum atomic E-state index is 14.3. The summed E-state index contributed by atoms with van der Waals surface area (Å²) in [7, 11) is 1.89. The van der Waals surface area contributed by atoms with Crippen molar-refractivity contribution >= 4 is 0 Å². The first-order valence-electron chi connectivity index (χ1n) is 6.48. The molecule has 4 heteroatoms. The fourth-order valence-electron chi connectivity index (χ4n) is 2.20. The van der Waals surface area contributed by atoms with Crippen LogP contribution >= 0.6 is 0 Å². The average Bonchev–Trinajstić information content (AvgIpc) is 2.74. The van der Waals surface area contributed by atoms with Crippen molar-refractivity contribution in [1.29, 1.82) is 0 Å². The summed E-state index contributed by atoms with van der Waals surface area (Å²) < 4.78 is 21.7. The molecular weight excluding hydrogens is 243 g/mol. The summed E-state index contributed by atoms with van der Waals surface area (Å²) in [6, 6.07) is 3.39. The lowest BCUT2D eigenvalue weighted by Crippen LogP contribution is -2.03. The average molecular weight is 262 g/mol. The van der Waals surface area contributed by atoms with Crippen molar-refractivity contribution in [2.24, 2.45) is 7.05 Å². The van der Waals surface area contributed by atoms with Gasteiger partial charge in [-0.1, -0.05) is 13.8 Å². The van der Waals surface area contributed by atoms with Gasteiger partial charge in [0.05, 0.1) is 6.61 Å². The Balaban J connectivity index is 2.57. The van der Waals surface area contributed by atoms with Gasteiger partial charge in [0.1, 0.15) is 17.4 Å². The van der Waals surface area contributed by atoms with Crippen molar-refractivity contribution in [2.75, 3.05) is 6.61 Å². The van der Waals surface area contributed by atoms with E-state index in [0.29, 0.717) is 17.9 Å². The topological polar surface area (TPSA) is 27.1 Å². The Morgan fingerprint density at radius 3 is 2.63 bits per heavy atom. The molecule has 0 bridgehead atoms. The predicted molar refractivity (Wildman–Crippen MR) is 73.9 cm³/mol. The van der Waals surface area contributed by atoms with Crippen LogP contribution in [-0.4, -0.2) is 16.2 Å². The molecular formula is C15H19FN2O. The molecule has 0 radical (unpaired) electrons. The smallest absolute Gasteiger partial charge is 0.139 e. The minimum atomic E-state index is -0.237. The molecule has 0 aliphatic heterocycles. The van der Waals surface area contributed by atoms with E-state index in [9.17, 15) is 4.39 Å². The van der Waals surface area contributed by atoms with Crippen molar-refractivity contribution < 1.29 is 9.13 Å². The Labute approximate surface area is 113 Å². The highest BCUT2D eigenvalue weighted by Gasteiger charge is 2.17. The van der Waals surface area contributed by atoms with Gasteiger partial charge in [0.25, 0.3) is 0 Å². The number of halogens is 1. The lowest BCUT2D eigenvalue weighted by molar-refractivity contribution is 0.332. The van der Waals surface area contributed by atoms with Gasteiger partial charge in [0, 0.05) is 30.6 Å². The van der Waals surface area contributed by atoms with Gasteiger partial charge < -0.3 is 9.30 Å². The van der Waals surface area contributed by atoms with E-state index in [1.807, 2.05) is 44.6 Å². The van der Waals surface area contributed by atoms with Gasteiger partial charge in [0.15, 0.2) is 0 Å². The van der Waals surface area contributed by atoms with E-state index < -0.39 is 0 Å². The van der Waals surface area contributed by atoms with E-state index in [0.717, 1.165) is 11.4 Å². The number of hydrogen-bond acceptors (Lipinski definition) is 2. The monoisotopic (exact) mass is 262 g/mol. The first-order valence-corrected chi connectivity index (χ1v) is 6.48. The van der Waals surface area contributed by atoms with Gasteiger partial charge >= 0.3 is 0 Å². The molecule has 0 aliphatic rings. The zero-order chi connectivity index (χ0) is 14.0. The van der Waals surface area contributed by atoms with Crippen molar-refractivity contribution in [1.82, 2.24) is 9.55 Å². The molecule has 102 valence electrons. The Morgan fingerprint density at radius 1 is 1.37 bits per heavy atom. The fourth-order valence-corrected chi connectivity index (χ4v) is 2.20. The summed E-state index contributed by atoms with van der Waals surface area (Å²) >= 11 is 0. The van der Waals surface area contributed by atoms with Crippen LogP contribution in [0.5, 0.6) is 5.75 Å². The van der Waals surface area contributed by atoms with Gasteiger partial charge in [-0.05, 0) is 25.0 Å². The summed E-state index contributed by atoms with van der Waals surface area (Å²) in [6.45, 7) is 6.33. The molecule has 1 aromatic heterocycles. The summed E-state index contributed by atoms with van der Waals surface area (Å²) in [6.07, 6.45) is 3.54. The summed E-state index contributed by atoms with van der Waals surface area (Å²) in [5.74, 6) is 1.18. The summed E-state index contributed by atoms with van der Waals surface area (Å²) in [4.78, 5) is 4.24. The van der Waals surface area contributed by atoms with Crippen LogP contribution in [-0.2, 0) is 7.05 Å². The number of rotatable bonds is 4. The van der Waals surface area contributed by atoms with Crippen LogP contribution in [0.2, 0.25) is 0 Å². The third-order valence-electron chi connectivity index (χ3n) is 3.05. The Kier molecular flexibility index (Phi) is 3.88. The van der Waals surface area contributed by atoms with Crippen LogP contribution in [0.15, 0.2) is 24.5 Å². The highest BCUT2D eigenvalue weighted by atomic mass is 19.1. The van der Waals surface area contributed by atoms with Gasteiger partial charge in [-0.25, -0.2) is 9.37 Å². The van der Waals surface area contributed by atoms with Crippen molar-refractivity contribution in [2.45, 2.75) is 26.7 Å². The van der Waals surface area contributed by atoms with E-state index in [4.69, 9.17) is 4.74 Å². The molecule has 0 aliphatic carbocycles. The second-order valence-electron chi connectivity index (χ2n) is 4.82. The predicted octanol–water partition coefficient (Wildman–Crippen LogP) is 3.75. The second-order valence-corrected chi connectivity index (χ2v) is 4.82. The molecule has 0 spiro atoms. The molecule has 0 saturated heterocycles. The van der Waals surface area contributed by atoms with Gasteiger partial charge in [-0.3, -0.25) is 0 Å². The number of aromatic nitrogens is 2. The van der Waals surface area contributed by atoms with Crippen molar-refractivity contribution in [3.8, 4) is 17.1 Å². The normalized spacial score (nSPS) is 11.1. The van der Waals surface area contributed by atoms with E-state index in [-0.39, 0.29) is 11.7 Å². The van der Waals surface area contributed by atoms with Gasteiger partial charge in [-0.15, -0.1) is 0 Å². The zero-order valence-electron chi connectivity index (χ0n) is 11.8. The third kappa shape index (κ3) is 2.62. The molecule has 0 N–H and O–H groups in total. The number of imidazole rings is 1. The second kappa shape index (κ2) is 5.43. The van der Waals surface area contributed by atoms with Crippen LogP contribution in [0, 0.1) is 5.82 Å². The standard InChI is InChI=1S/C15H19FN2O/c1-5-19-13-9-11(15-17-6-7-18(15)4)8-12(16)14(13)10(2)3/h6-10H,5H2,1-4H3. The Bertz CT molecular complexity index is 576. The first-order chi connectivity index (χ1) is 9.04. The number of hydrogen-bond donors (Lipinski definition) is 0. The minimum Gasteiger partial charge on any atom is -0.493 e. The Hall–Kier alpha value is -1.84. The minimum absolute atomic E-state index is 0.0805. The van der Waals surface area contributed by atoms with Crippen LogP contribution in [0.1, 0.15) is 32.3 Å². The highest BCUT2D eigenvalue weighted by molar-refractivity contribution is 5.60. The van der Waals surface area contributed by atoms with Crippen LogP contribution in [0.4, 0.5) is 4.39 Å². The number of ether oxygens (including phenoxy) is 1. The van der Waals surface area contributed by atoms with Crippen molar-refractivity contribution in [3.05, 3.63) is 35.9 Å². The first kappa shape index (κ1) is 13.6. The molecule has 0 fully saturated rings. The van der Waals surface area contributed by atoms with Crippen molar-refractivity contribution in [3.63, 3.8) is 0 Å². The molecule has 0 unspecified atom stereocenters. The molecule has 2 aromatic rings. The molecule has 0 saturated carbocycles. The zero-order valence-corrected chi connectivity index (χ0v) is 11.8. The van der Waals surface area contributed by atoms with E-state index in [2.05, 4.69) is 4.98 Å². The largest absolute Gasteiger partial charge is 0.493 e. The van der Waals surface area contributed by atoms with E-state index in [1.54, 1.807) is 6.20 Å². The maximum Gasteiger partial charge on any atom is 0.139 e. The van der Waals surface area contributed by atoms with Gasteiger partial charge in [-0.2, -0.15) is 0 Å². The van der Waals surface area contributed by atoms with E-state index >= 15 is 0 Å². The van der Waals surface area contributed by atoms with Crippen LogP contribution in [0.25, 0.3) is 11.4 Å². The highest BCUT2D eigenvalue weighted by Crippen LogP contribution is 2.33. The number of aryl methyl sites for hydroxylation is 1. The quantitative estimate of drug-likeness (QED) is 0.839. The maximum absolute atomic E-state index is 14.3. The summed E-state index contributed by atoms with van der Waals surface area (Å²) in [5, 5.41) is 0. The lowest BCUT2D eigenvalue weighted by Gasteiger charge is -2.16. The Morgan fingerprint density at radius 2 is 2.11 bits per heavy atom. The fraction of sp³-hybridized carbons (Fsp3) is 0.400. The molecule has 0 atom stereocenters. The molecule has 2 rings (SSSR count). The van der Waals surface area contributed by atoms with E-state index in [1.165, 1.54) is 6.07 Å². The molecule has 1 heterocycles. The molecule has 1 aromatic carbocycles. The lowest BCUT2D eigenvalue weighted by atomic mass is 9.99.